The second-order valence-electron chi connectivity index (χ2n) is 0.998. The summed E-state index contributed by atoms with van der Waals surface area (Å²) in [5.41, 5.74) is 0. The quantitative estimate of drug-likeness (QED) is 0.437. The molecular weight excluding hydrogens is 275 g/mol. The molecule has 0 saturated carbocycles. The summed E-state index contributed by atoms with van der Waals surface area (Å²) in [6.45, 7) is 1.56. The Bertz CT molecular complexity index is 20.4. The van der Waals surface area contributed by atoms with Crippen molar-refractivity contribution in [3.8, 4) is 0 Å². The zero-order valence-corrected chi connectivity index (χ0v) is 9.14. The van der Waals surface area contributed by atoms with Crippen molar-refractivity contribution in [1.82, 2.24) is 0 Å². The molecule has 0 N–H and O–H groups in total. The van der Waals surface area contributed by atoms with Gasteiger partial charge in [0.15, 0.2) is 0 Å². The van der Waals surface area contributed by atoms with Crippen molar-refractivity contribution in [1.29, 1.82) is 0 Å². The Balaban J connectivity index is 0.000000250. The average molecular weight is 283 g/mol. The molecule has 1 aliphatic heterocycles. The standard InChI is InChI=1S/C3H6O2.Pb.2H/c1-2-4-5-3-1;;;/h1-3H2;;;. The number of hydrogen-bond donors (Lipinski definition) is 0. The van der Waals surface area contributed by atoms with Gasteiger partial charge < -0.3 is 0 Å². The zero-order chi connectivity index (χ0) is 3.54. The van der Waals surface area contributed by atoms with Crippen molar-refractivity contribution in [2.45, 2.75) is 6.42 Å². The van der Waals surface area contributed by atoms with Crippen LogP contribution in [-0.2, 0) is 9.78 Å². The summed E-state index contributed by atoms with van der Waals surface area (Å²) in [7, 11) is 0. The van der Waals surface area contributed by atoms with Gasteiger partial charge in [0.1, 0.15) is 0 Å². The molecule has 0 amide bonds. The summed E-state index contributed by atoms with van der Waals surface area (Å²) < 4.78 is 0. The third kappa shape index (κ3) is 2.09. The SMILES string of the molecule is C1COOC1.[PbH2]. The monoisotopic (exact) mass is 284 g/mol. The van der Waals surface area contributed by atoms with E-state index in [1.807, 2.05) is 0 Å². The van der Waals surface area contributed by atoms with E-state index < -0.39 is 0 Å². The third-order valence-corrected chi connectivity index (χ3v) is 0.539. The summed E-state index contributed by atoms with van der Waals surface area (Å²) >= 11 is 0. The van der Waals surface area contributed by atoms with Crippen LogP contribution < -0.4 is 0 Å². The molecule has 0 atom stereocenters. The van der Waals surface area contributed by atoms with Crippen LogP contribution in [0.15, 0.2) is 0 Å². The molecule has 0 spiro atoms. The molecule has 0 aromatic rings. The summed E-state index contributed by atoms with van der Waals surface area (Å²) in [4.78, 5) is 8.89. The molecule has 1 heterocycles. The Morgan fingerprint density at radius 2 is 1.50 bits per heavy atom. The van der Waals surface area contributed by atoms with Gasteiger partial charge in [0.05, 0.1) is 13.2 Å². The van der Waals surface area contributed by atoms with Crippen LogP contribution in [0.2, 0.25) is 0 Å². The molecule has 0 aliphatic carbocycles. The fraction of sp³-hybridized carbons (Fsp3) is 1.00. The van der Waals surface area contributed by atoms with E-state index in [1.165, 1.54) is 0 Å². The van der Waals surface area contributed by atoms with Crippen LogP contribution in [0, 0.1) is 0 Å². The van der Waals surface area contributed by atoms with Crippen LogP contribution in [-0.4, -0.2) is 40.5 Å². The first-order chi connectivity index (χ1) is 2.50. The Hall–Kier alpha value is 0.842. The number of hydrogen-bond acceptors (Lipinski definition) is 2. The first-order valence-corrected chi connectivity index (χ1v) is 1.74. The van der Waals surface area contributed by atoms with Crippen LogP contribution in [0.4, 0.5) is 0 Å². The summed E-state index contributed by atoms with van der Waals surface area (Å²) in [5.74, 6) is 0. The summed E-state index contributed by atoms with van der Waals surface area (Å²) in [5, 5.41) is 0. The van der Waals surface area contributed by atoms with Crippen LogP contribution in [0.3, 0.4) is 0 Å². The average Bonchev–Trinajstić information content (AvgIpc) is 1.76. The molecule has 0 aromatic heterocycles. The van der Waals surface area contributed by atoms with Gasteiger partial charge in [-0.3, -0.25) is 0 Å². The summed E-state index contributed by atoms with van der Waals surface area (Å²) in [6.07, 6.45) is 1.06. The van der Waals surface area contributed by atoms with Gasteiger partial charge in [-0.2, -0.15) is 0 Å². The van der Waals surface area contributed by atoms with Crippen molar-refractivity contribution in [3.63, 3.8) is 0 Å². The van der Waals surface area contributed by atoms with Crippen molar-refractivity contribution >= 4 is 27.3 Å². The fourth-order valence-electron chi connectivity index (χ4n) is 0.295. The molecule has 1 rings (SSSR count). The maximum absolute atomic E-state index is 4.44. The molecule has 2 nitrogen and oxygen atoms in total. The maximum atomic E-state index is 4.44. The van der Waals surface area contributed by atoms with E-state index in [0.29, 0.717) is 0 Å². The summed E-state index contributed by atoms with van der Waals surface area (Å²) in [6, 6.07) is 0. The van der Waals surface area contributed by atoms with Gasteiger partial charge in [-0.25, -0.2) is 9.78 Å². The minimum absolute atomic E-state index is 0. The van der Waals surface area contributed by atoms with E-state index in [4.69, 9.17) is 0 Å². The Kier molecular flexibility index (Phi) is 4.58. The van der Waals surface area contributed by atoms with Gasteiger partial charge in [-0.15, -0.1) is 0 Å². The van der Waals surface area contributed by atoms with E-state index in [2.05, 4.69) is 9.78 Å². The normalized spacial score (nSPS) is 20.0. The van der Waals surface area contributed by atoms with E-state index in [9.17, 15) is 0 Å². The molecule has 0 bridgehead atoms. The van der Waals surface area contributed by atoms with Gasteiger partial charge in [-0.1, -0.05) is 0 Å². The van der Waals surface area contributed by atoms with Gasteiger partial charge in [0.2, 0.25) is 0 Å². The zero-order valence-electron chi connectivity index (χ0n) is 3.64. The second kappa shape index (κ2) is 4.01. The molecule has 1 aliphatic rings. The fourth-order valence-corrected chi connectivity index (χ4v) is 0.295. The minimum atomic E-state index is 0. The van der Waals surface area contributed by atoms with Gasteiger partial charge >= 0.3 is 27.3 Å². The van der Waals surface area contributed by atoms with Crippen LogP contribution >= 0.6 is 0 Å². The first kappa shape index (κ1) is 6.84. The molecule has 36 valence electrons. The van der Waals surface area contributed by atoms with Gasteiger partial charge in [0.25, 0.3) is 0 Å². The first-order valence-electron chi connectivity index (χ1n) is 1.74. The van der Waals surface area contributed by atoms with E-state index in [0.717, 1.165) is 19.6 Å². The topological polar surface area (TPSA) is 18.5 Å². The predicted molar refractivity (Wildman–Crippen MR) is 25.1 cm³/mol. The molecule has 3 heteroatoms. The van der Waals surface area contributed by atoms with Gasteiger partial charge in [0, 0.05) is 6.42 Å². The molecule has 1 saturated heterocycles. The molecular formula is C3H8O2Pb. The van der Waals surface area contributed by atoms with Crippen molar-refractivity contribution in [2.24, 2.45) is 0 Å². The number of rotatable bonds is 0. The van der Waals surface area contributed by atoms with Crippen molar-refractivity contribution in [3.05, 3.63) is 0 Å². The third-order valence-electron chi connectivity index (χ3n) is 0.539. The van der Waals surface area contributed by atoms with E-state index >= 15 is 0 Å². The van der Waals surface area contributed by atoms with Crippen LogP contribution in [0.5, 0.6) is 0 Å². The molecule has 6 heavy (non-hydrogen) atoms. The Morgan fingerprint density at radius 1 is 1.00 bits per heavy atom. The molecule has 1 fully saturated rings. The van der Waals surface area contributed by atoms with Crippen LogP contribution in [0.1, 0.15) is 6.42 Å². The van der Waals surface area contributed by atoms with Crippen LogP contribution in [0.25, 0.3) is 0 Å². The Labute approximate surface area is 56.9 Å². The molecule has 0 aromatic carbocycles. The molecule has 2 radical (unpaired) electrons. The Morgan fingerprint density at radius 3 is 1.67 bits per heavy atom. The van der Waals surface area contributed by atoms with Gasteiger partial charge in [-0.05, 0) is 0 Å². The van der Waals surface area contributed by atoms with E-state index in [-0.39, 0.29) is 27.3 Å². The van der Waals surface area contributed by atoms with Crippen molar-refractivity contribution in [2.75, 3.05) is 13.2 Å². The predicted octanol–water partition coefficient (Wildman–Crippen LogP) is -0.578. The second-order valence-corrected chi connectivity index (χ2v) is 0.998. The molecule has 0 unspecified atom stereocenters. The van der Waals surface area contributed by atoms with E-state index in [1.54, 1.807) is 0 Å². The van der Waals surface area contributed by atoms with Crippen molar-refractivity contribution < 1.29 is 9.78 Å².